The van der Waals surface area contributed by atoms with Gasteiger partial charge in [0.15, 0.2) is 23.0 Å². The third kappa shape index (κ3) is 3.55. The normalized spacial score (nSPS) is 13.1. The Labute approximate surface area is 142 Å². The molecule has 2 rings (SSSR count). The molecule has 0 saturated heterocycles. The lowest BCUT2D eigenvalue weighted by atomic mass is 9.94. The number of nitrogens with two attached hydrogens (primary N) is 2. The largest absolute Gasteiger partial charge is 0.493 e. The quantitative estimate of drug-likeness (QED) is 0.809. The summed E-state index contributed by atoms with van der Waals surface area (Å²) in [4.78, 5) is 0. The maximum absolute atomic E-state index is 6.35. The van der Waals surface area contributed by atoms with Crippen molar-refractivity contribution in [3.63, 3.8) is 0 Å². The van der Waals surface area contributed by atoms with Crippen LogP contribution in [0.25, 0.3) is 0 Å². The molecule has 0 fully saturated rings. The van der Waals surface area contributed by atoms with Gasteiger partial charge in [0.05, 0.1) is 28.4 Å². The minimum absolute atomic E-state index is 0.414. The SMILES string of the molecule is COc1ccc([C@H](N)[C@@H](N)c2ccc(OC)c(OC)c2)cc1OC. The lowest BCUT2D eigenvalue weighted by Crippen LogP contribution is -2.26. The summed E-state index contributed by atoms with van der Waals surface area (Å²) in [6.07, 6.45) is 0. The third-order valence-electron chi connectivity index (χ3n) is 3.97. The van der Waals surface area contributed by atoms with Crippen molar-refractivity contribution >= 4 is 0 Å². The van der Waals surface area contributed by atoms with Crippen LogP contribution < -0.4 is 30.4 Å². The van der Waals surface area contributed by atoms with E-state index in [1.807, 2.05) is 36.4 Å². The molecule has 0 aromatic heterocycles. The van der Waals surface area contributed by atoms with Gasteiger partial charge in [-0.15, -0.1) is 0 Å². The summed E-state index contributed by atoms with van der Waals surface area (Å²) in [5.74, 6) is 2.52. The Bertz CT molecular complexity index is 631. The predicted octanol–water partition coefficient (Wildman–Crippen LogP) is 2.42. The smallest absolute Gasteiger partial charge is 0.161 e. The molecule has 2 aromatic rings. The fourth-order valence-electron chi connectivity index (χ4n) is 2.53. The van der Waals surface area contributed by atoms with Crippen LogP contribution in [0.1, 0.15) is 23.2 Å². The molecule has 2 aromatic carbocycles. The van der Waals surface area contributed by atoms with Gasteiger partial charge in [0.25, 0.3) is 0 Å². The van der Waals surface area contributed by atoms with Crippen LogP contribution in [0.5, 0.6) is 23.0 Å². The van der Waals surface area contributed by atoms with Crippen LogP contribution in [0, 0.1) is 0 Å². The topological polar surface area (TPSA) is 89.0 Å². The van der Waals surface area contributed by atoms with Crippen molar-refractivity contribution < 1.29 is 18.9 Å². The van der Waals surface area contributed by atoms with Crippen LogP contribution in [-0.2, 0) is 0 Å². The highest BCUT2D eigenvalue weighted by molar-refractivity contribution is 5.46. The van der Waals surface area contributed by atoms with E-state index in [0.717, 1.165) is 11.1 Å². The minimum Gasteiger partial charge on any atom is -0.493 e. The molecule has 2 atom stereocenters. The minimum atomic E-state index is -0.414. The van der Waals surface area contributed by atoms with Gasteiger partial charge in [0.2, 0.25) is 0 Å². The Morgan fingerprint density at radius 3 is 1.21 bits per heavy atom. The van der Waals surface area contributed by atoms with E-state index in [9.17, 15) is 0 Å². The van der Waals surface area contributed by atoms with Crippen molar-refractivity contribution in [2.24, 2.45) is 11.5 Å². The van der Waals surface area contributed by atoms with Crippen molar-refractivity contribution in [2.75, 3.05) is 28.4 Å². The summed E-state index contributed by atoms with van der Waals surface area (Å²) in [5.41, 5.74) is 14.4. The monoisotopic (exact) mass is 332 g/mol. The molecular weight excluding hydrogens is 308 g/mol. The molecule has 0 aliphatic rings. The predicted molar refractivity (Wildman–Crippen MR) is 92.9 cm³/mol. The first-order valence-corrected chi connectivity index (χ1v) is 7.50. The second-order valence-electron chi connectivity index (χ2n) is 5.28. The van der Waals surface area contributed by atoms with Gasteiger partial charge < -0.3 is 30.4 Å². The fourth-order valence-corrected chi connectivity index (χ4v) is 2.53. The lowest BCUT2D eigenvalue weighted by molar-refractivity contribution is 0.353. The highest BCUT2D eigenvalue weighted by Gasteiger charge is 2.20. The summed E-state index contributed by atoms with van der Waals surface area (Å²) in [7, 11) is 6.35. The van der Waals surface area contributed by atoms with Crippen LogP contribution in [0.3, 0.4) is 0 Å². The lowest BCUT2D eigenvalue weighted by Gasteiger charge is -2.22. The van der Waals surface area contributed by atoms with Gasteiger partial charge in [-0.2, -0.15) is 0 Å². The highest BCUT2D eigenvalue weighted by atomic mass is 16.5. The summed E-state index contributed by atoms with van der Waals surface area (Å²) < 4.78 is 21.1. The summed E-state index contributed by atoms with van der Waals surface area (Å²) in [6.45, 7) is 0. The Morgan fingerprint density at radius 1 is 0.583 bits per heavy atom. The Kier molecular flexibility index (Phi) is 5.89. The van der Waals surface area contributed by atoms with Crippen molar-refractivity contribution in [2.45, 2.75) is 12.1 Å². The molecule has 0 spiro atoms. The van der Waals surface area contributed by atoms with E-state index in [1.165, 1.54) is 0 Å². The first-order valence-electron chi connectivity index (χ1n) is 7.50. The van der Waals surface area contributed by atoms with E-state index in [4.69, 9.17) is 30.4 Å². The zero-order valence-electron chi connectivity index (χ0n) is 14.4. The molecule has 0 radical (unpaired) electrons. The third-order valence-corrected chi connectivity index (χ3v) is 3.97. The van der Waals surface area contributed by atoms with Crippen LogP contribution in [0.4, 0.5) is 0 Å². The van der Waals surface area contributed by atoms with Gasteiger partial charge >= 0.3 is 0 Å². The van der Waals surface area contributed by atoms with Crippen molar-refractivity contribution in [1.82, 2.24) is 0 Å². The zero-order chi connectivity index (χ0) is 17.7. The van der Waals surface area contributed by atoms with Crippen molar-refractivity contribution in [1.29, 1.82) is 0 Å². The molecule has 0 unspecified atom stereocenters. The summed E-state index contributed by atoms with van der Waals surface area (Å²) in [5, 5.41) is 0. The van der Waals surface area contributed by atoms with E-state index in [-0.39, 0.29) is 0 Å². The summed E-state index contributed by atoms with van der Waals surface area (Å²) >= 11 is 0. The molecule has 0 bridgehead atoms. The maximum Gasteiger partial charge on any atom is 0.161 e. The molecule has 6 nitrogen and oxygen atoms in total. The van der Waals surface area contributed by atoms with Crippen LogP contribution in [0.15, 0.2) is 36.4 Å². The number of hydrogen-bond acceptors (Lipinski definition) is 6. The van der Waals surface area contributed by atoms with Gasteiger partial charge in [-0.3, -0.25) is 0 Å². The second-order valence-corrected chi connectivity index (χ2v) is 5.28. The average Bonchev–Trinajstić information content (AvgIpc) is 2.65. The molecule has 0 heterocycles. The van der Waals surface area contributed by atoms with E-state index >= 15 is 0 Å². The van der Waals surface area contributed by atoms with Gasteiger partial charge in [-0.05, 0) is 35.4 Å². The van der Waals surface area contributed by atoms with E-state index in [2.05, 4.69) is 0 Å². The average molecular weight is 332 g/mol. The summed E-state index contributed by atoms with van der Waals surface area (Å²) in [6, 6.07) is 10.2. The highest BCUT2D eigenvalue weighted by Crippen LogP contribution is 2.35. The van der Waals surface area contributed by atoms with Gasteiger partial charge in [0, 0.05) is 12.1 Å². The number of benzene rings is 2. The molecule has 4 N–H and O–H groups in total. The number of rotatable bonds is 7. The number of hydrogen-bond donors (Lipinski definition) is 2. The standard InChI is InChI=1S/C18H24N2O4/c1-21-13-7-5-11(9-15(13)23-3)17(19)18(20)12-6-8-14(22-2)16(10-12)24-4/h5-10,17-18H,19-20H2,1-4H3/t17-,18-/m0/s1. The molecular formula is C18H24N2O4. The molecule has 130 valence electrons. The fraction of sp³-hybridized carbons (Fsp3) is 0.333. The first-order chi connectivity index (χ1) is 11.5. The van der Waals surface area contributed by atoms with Crippen LogP contribution in [-0.4, -0.2) is 28.4 Å². The molecule has 6 heteroatoms. The van der Waals surface area contributed by atoms with E-state index < -0.39 is 12.1 Å². The Morgan fingerprint density at radius 2 is 0.917 bits per heavy atom. The van der Waals surface area contributed by atoms with Gasteiger partial charge in [0.1, 0.15) is 0 Å². The van der Waals surface area contributed by atoms with Gasteiger partial charge in [-0.1, -0.05) is 12.1 Å². The zero-order valence-corrected chi connectivity index (χ0v) is 14.4. The van der Waals surface area contributed by atoms with Crippen LogP contribution >= 0.6 is 0 Å². The second kappa shape index (κ2) is 7.90. The number of ether oxygens (including phenoxy) is 4. The molecule has 0 aliphatic carbocycles. The Hall–Kier alpha value is -2.44. The van der Waals surface area contributed by atoms with Crippen molar-refractivity contribution in [3.05, 3.63) is 47.5 Å². The van der Waals surface area contributed by atoms with E-state index in [0.29, 0.717) is 23.0 Å². The number of methoxy groups -OCH3 is 4. The molecule has 0 saturated carbocycles. The van der Waals surface area contributed by atoms with Crippen LogP contribution in [0.2, 0.25) is 0 Å². The molecule has 0 amide bonds. The maximum atomic E-state index is 6.35. The van der Waals surface area contributed by atoms with E-state index in [1.54, 1.807) is 28.4 Å². The Balaban J connectivity index is 2.30. The molecule has 24 heavy (non-hydrogen) atoms. The van der Waals surface area contributed by atoms with Crippen molar-refractivity contribution in [3.8, 4) is 23.0 Å². The van der Waals surface area contributed by atoms with Gasteiger partial charge in [-0.25, -0.2) is 0 Å². The first kappa shape index (κ1) is 17.9. The molecule has 0 aliphatic heterocycles.